The number of aliphatic hydroxyl groups is 1. The third kappa shape index (κ3) is 1.81. The molecule has 0 saturated carbocycles. The maximum Gasteiger partial charge on any atom is 0.0784 e. The highest BCUT2D eigenvalue weighted by Crippen LogP contribution is 2.29. The third-order valence-corrected chi connectivity index (χ3v) is 3.66. The van der Waals surface area contributed by atoms with E-state index in [0.29, 0.717) is 17.0 Å². The van der Waals surface area contributed by atoms with Crippen molar-refractivity contribution in [3.05, 3.63) is 0 Å². The lowest BCUT2D eigenvalue weighted by Gasteiger charge is -2.31. The summed E-state index contributed by atoms with van der Waals surface area (Å²) in [4.78, 5) is 0. The van der Waals surface area contributed by atoms with E-state index < -0.39 is 5.60 Å². The summed E-state index contributed by atoms with van der Waals surface area (Å²) in [5.74, 6) is 6.07. The molecule has 1 heterocycles. The van der Waals surface area contributed by atoms with Crippen molar-refractivity contribution in [2.45, 2.75) is 18.4 Å². The van der Waals surface area contributed by atoms with Crippen molar-refractivity contribution in [2.24, 2.45) is 5.73 Å². The van der Waals surface area contributed by atoms with Gasteiger partial charge < -0.3 is 10.8 Å². The molecule has 1 saturated heterocycles. The summed E-state index contributed by atoms with van der Waals surface area (Å²) >= 11 is 0. The lowest BCUT2D eigenvalue weighted by molar-refractivity contribution is 0.0410. The second-order valence-electron chi connectivity index (χ2n) is 2.95. The molecule has 1 aliphatic rings. The second kappa shape index (κ2) is 3.03. The standard InChI is InChI=1S/C7H15NOS/c1-10-4-2-7(9,6-8)3-5-10/h9H,1-6,8H2. The van der Waals surface area contributed by atoms with Gasteiger partial charge in [0.05, 0.1) is 5.60 Å². The van der Waals surface area contributed by atoms with E-state index in [1.54, 1.807) is 0 Å². The van der Waals surface area contributed by atoms with Crippen LogP contribution in [0.2, 0.25) is 0 Å². The average Bonchev–Trinajstić information content (AvgIpc) is 1.96. The first-order chi connectivity index (χ1) is 4.66. The van der Waals surface area contributed by atoms with Crippen molar-refractivity contribution in [1.29, 1.82) is 0 Å². The smallest absolute Gasteiger partial charge is 0.0784 e. The minimum Gasteiger partial charge on any atom is -0.389 e. The molecule has 0 aliphatic carbocycles. The predicted octanol–water partition coefficient (Wildman–Crippen LogP) is 0.171. The lowest BCUT2D eigenvalue weighted by Crippen LogP contribution is -2.41. The van der Waals surface area contributed by atoms with Crippen molar-refractivity contribution >= 4 is 16.4 Å². The van der Waals surface area contributed by atoms with Crippen molar-refractivity contribution in [2.75, 3.05) is 18.1 Å². The van der Waals surface area contributed by atoms with Gasteiger partial charge in [0.2, 0.25) is 0 Å². The molecule has 0 unspecified atom stereocenters. The Morgan fingerprint density at radius 3 is 2.40 bits per heavy atom. The zero-order chi connectivity index (χ0) is 7.61. The summed E-state index contributed by atoms with van der Waals surface area (Å²) < 4.78 is 0. The predicted molar refractivity (Wildman–Crippen MR) is 47.7 cm³/mol. The maximum absolute atomic E-state index is 9.65. The number of rotatable bonds is 1. The van der Waals surface area contributed by atoms with Gasteiger partial charge in [-0.05, 0) is 24.3 Å². The summed E-state index contributed by atoms with van der Waals surface area (Å²) in [5, 5.41) is 9.65. The van der Waals surface area contributed by atoms with Gasteiger partial charge in [-0.25, -0.2) is 0 Å². The van der Waals surface area contributed by atoms with Crippen LogP contribution in [-0.4, -0.2) is 34.6 Å². The molecule has 0 aromatic rings. The fourth-order valence-corrected chi connectivity index (χ4v) is 2.64. The SMILES string of the molecule is C=S1CCC(O)(CN)CC1. The number of hydrogen-bond acceptors (Lipinski definition) is 2. The maximum atomic E-state index is 9.65. The average molecular weight is 161 g/mol. The first-order valence-electron chi connectivity index (χ1n) is 3.56. The molecule has 0 atom stereocenters. The van der Waals surface area contributed by atoms with Gasteiger partial charge in [0, 0.05) is 6.54 Å². The topological polar surface area (TPSA) is 46.2 Å². The van der Waals surface area contributed by atoms with Crippen LogP contribution in [0.25, 0.3) is 0 Å². The first kappa shape index (κ1) is 8.24. The normalized spacial score (nSPS) is 41.6. The van der Waals surface area contributed by atoms with Gasteiger partial charge in [-0.2, -0.15) is 10.5 Å². The zero-order valence-corrected chi connectivity index (χ0v) is 6.99. The van der Waals surface area contributed by atoms with Gasteiger partial charge in [-0.1, -0.05) is 5.87 Å². The second-order valence-corrected chi connectivity index (χ2v) is 4.99. The number of nitrogens with two attached hydrogens (primary N) is 1. The Balaban J connectivity index is 2.46. The van der Waals surface area contributed by atoms with Crippen LogP contribution in [0.1, 0.15) is 12.8 Å². The van der Waals surface area contributed by atoms with Gasteiger partial charge in [0.1, 0.15) is 0 Å². The Kier molecular flexibility index (Phi) is 2.50. The van der Waals surface area contributed by atoms with Crippen LogP contribution in [0.5, 0.6) is 0 Å². The highest BCUT2D eigenvalue weighted by Gasteiger charge is 2.27. The summed E-state index contributed by atoms with van der Waals surface area (Å²) in [5.41, 5.74) is 4.86. The third-order valence-electron chi connectivity index (χ3n) is 2.09. The van der Waals surface area contributed by atoms with Gasteiger partial charge in [-0.3, -0.25) is 0 Å². The van der Waals surface area contributed by atoms with Crippen LogP contribution < -0.4 is 5.73 Å². The molecule has 1 fully saturated rings. The lowest BCUT2D eigenvalue weighted by atomic mass is 9.97. The molecule has 0 amide bonds. The van der Waals surface area contributed by atoms with Crippen molar-refractivity contribution in [3.63, 3.8) is 0 Å². The molecule has 2 nitrogen and oxygen atoms in total. The minimum atomic E-state index is -0.554. The van der Waals surface area contributed by atoms with E-state index in [1.165, 1.54) is 0 Å². The Labute approximate surface area is 64.4 Å². The summed E-state index contributed by atoms with van der Waals surface area (Å²) in [6.45, 7) is 0.407. The van der Waals surface area contributed by atoms with E-state index in [9.17, 15) is 5.11 Å². The highest BCUT2D eigenvalue weighted by atomic mass is 32.2. The Hall–Kier alpha value is 0.140. The molecule has 3 N–H and O–H groups in total. The van der Waals surface area contributed by atoms with E-state index in [4.69, 9.17) is 5.73 Å². The fourth-order valence-electron chi connectivity index (χ4n) is 1.10. The largest absolute Gasteiger partial charge is 0.389 e. The van der Waals surface area contributed by atoms with Crippen LogP contribution >= 0.6 is 10.5 Å². The molecule has 1 rings (SSSR count). The van der Waals surface area contributed by atoms with Crippen molar-refractivity contribution in [3.8, 4) is 0 Å². The van der Waals surface area contributed by atoms with Crippen LogP contribution in [-0.2, 0) is 0 Å². The van der Waals surface area contributed by atoms with E-state index in [0.717, 1.165) is 24.3 Å². The van der Waals surface area contributed by atoms with Crippen molar-refractivity contribution < 1.29 is 5.11 Å². The number of hydrogen-bond donors (Lipinski definition) is 2. The first-order valence-corrected chi connectivity index (χ1v) is 5.29. The molecule has 0 spiro atoms. The van der Waals surface area contributed by atoms with Gasteiger partial charge in [-0.15, -0.1) is 0 Å². The van der Waals surface area contributed by atoms with Crippen molar-refractivity contribution in [1.82, 2.24) is 0 Å². The van der Waals surface area contributed by atoms with Crippen LogP contribution in [0.15, 0.2) is 0 Å². The van der Waals surface area contributed by atoms with Crippen LogP contribution in [0.4, 0.5) is 0 Å². The highest BCUT2D eigenvalue weighted by molar-refractivity contribution is 8.14. The summed E-state index contributed by atoms with van der Waals surface area (Å²) in [6, 6.07) is 0. The summed E-state index contributed by atoms with van der Waals surface area (Å²) in [7, 11) is 0.296. The molecule has 1 aliphatic heterocycles. The van der Waals surface area contributed by atoms with Gasteiger partial charge in [0.25, 0.3) is 0 Å². The van der Waals surface area contributed by atoms with Crippen LogP contribution in [0, 0.1) is 0 Å². The van der Waals surface area contributed by atoms with E-state index in [2.05, 4.69) is 5.87 Å². The molecule has 0 aromatic heterocycles. The summed E-state index contributed by atoms with van der Waals surface area (Å²) in [6.07, 6.45) is 1.69. The molecule has 60 valence electrons. The van der Waals surface area contributed by atoms with E-state index >= 15 is 0 Å². The quantitative estimate of drug-likeness (QED) is 0.539. The molecular formula is C7H15NOS. The molecule has 10 heavy (non-hydrogen) atoms. The molecule has 0 aromatic carbocycles. The Bertz CT molecular complexity index is 137. The molecule has 0 radical (unpaired) electrons. The monoisotopic (exact) mass is 161 g/mol. The van der Waals surface area contributed by atoms with E-state index in [-0.39, 0.29) is 0 Å². The fraction of sp³-hybridized carbons (Fsp3) is 0.857. The van der Waals surface area contributed by atoms with Crippen LogP contribution in [0.3, 0.4) is 0 Å². The zero-order valence-electron chi connectivity index (χ0n) is 6.18. The van der Waals surface area contributed by atoms with E-state index in [1.807, 2.05) is 0 Å². The Morgan fingerprint density at radius 1 is 1.50 bits per heavy atom. The Morgan fingerprint density at radius 2 is 2.00 bits per heavy atom. The van der Waals surface area contributed by atoms with Gasteiger partial charge >= 0.3 is 0 Å². The molecule has 3 heteroatoms. The molecule has 0 bridgehead atoms. The van der Waals surface area contributed by atoms with Gasteiger partial charge in [0.15, 0.2) is 0 Å². The minimum absolute atomic E-state index is 0.296. The molecular weight excluding hydrogens is 146 g/mol.